The quantitative estimate of drug-likeness (QED) is 0.434. The van der Waals surface area contributed by atoms with Gasteiger partial charge in [-0.3, -0.25) is 13.6 Å². The molecule has 0 aromatic carbocycles. The van der Waals surface area contributed by atoms with Gasteiger partial charge in [-0.15, -0.1) is 0 Å². The zero-order chi connectivity index (χ0) is 11.6. The standard InChI is InChI=1S/C9H21O5P/c1-4-12-15(10,13-5-2)14-9-7-6-8-11-3/h4-9H2,1-3H3. The van der Waals surface area contributed by atoms with Crippen molar-refractivity contribution in [3.8, 4) is 0 Å². The van der Waals surface area contributed by atoms with Crippen LogP contribution in [0.5, 0.6) is 0 Å². The van der Waals surface area contributed by atoms with Crippen LogP contribution < -0.4 is 0 Å². The van der Waals surface area contributed by atoms with E-state index in [4.69, 9.17) is 18.3 Å². The van der Waals surface area contributed by atoms with Crippen molar-refractivity contribution in [1.82, 2.24) is 0 Å². The Balaban J connectivity index is 3.71. The van der Waals surface area contributed by atoms with E-state index in [0.29, 0.717) is 26.4 Å². The molecule has 0 aliphatic heterocycles. The van der Waals surface area contributed by atoms with Gasteiger partial charge in [0.25, 0.3) is 0 Å². The fourth-order valence-corrected chi connectivity index (χ4v) is 2.16. The van der Waals surface area contributed by atoms with Crippen molar-refractivity contribution in [3.05, 3.63) is 0 Å². The molecule has 0 aliphatic carbocycles. The highest BCUT2D eigenvalue weighted by atomic mass is 31.2. The third-order valence-corrected chi connectivity index (χ3v) is 3.21. The van der Waals surface area contributed by atoms with Crippen LogP contribution in [0.2, 0.25) is 0 Å². The van der Waals surface area contributed by atoms with Crippen molar-refractivity contribution >= 4 is 7.82 Å². The number of unbranched alkanes of at least 4 members (excludes halogenated alkanes) is 1. The highest BCUT2D eigenvalue weighted by Gasteiger charge is 2.24. The molecule has 0 heterocycles. The molecule has 92 valence electrons. The first-order valence-corrected chi connectivity index (χ1v) is 6.67. The smallest absolute Gasteiger partial charge is 0.385 e. The van der Waals surface area contributed by atoms with E-state index in [1.54, 1.807) is 21.0 Å². The van der Waals surface area contributed by atoms with E-state index < -0.39 is 7.82 Å². The Hall–Kier alpha value is 0.0700. The first kappa shape index (κ1) is 15.1. The number of phosphoric acid groups is 1. The number of phosphoric ester groups is 1. The number of hydrogen-bond donors (Lipinski definition) is 0. The lowest BCUT2D eigenvalue weighted by atomic mass is 10.3. The molecule has 0 amide bonds. The van der Waals surface area contributed by atoms with Gasteiger partial charge in [-0.1, -0.05) is 0 Å². The molecule has 0 fully saturated rings. The molecule has 0 atom stereocenters. The lowest BCUT2D eigenvalue weighted by Crippen LogP contribution is -2.02. The second-order valence-corrected chi connectivity index (χ2v) is 4.48. The predicted molar refractivity (Wildman–Crippen MR) is 57.9 cm³/mol. The molecule has 0 aromatic heterocycles. The predicted octanol–water partition coefficient (Wildman–Crippen LogP) is 2.61. The van der Waals surface area contributed by atoms with Gasteiger partial charge >= 0.3 is 7.82 Å². The van der Waals surface area contributed by atoms with Crippen molar-refractivity contribution in [2.24, 2.45) is 0 Å². The normalized spacial score (nSPS) is 11.9. The minimum atomic E-state index is -3.31. The van der Waals surface area contributed by atoms with E-state index in [0.717, 1.165) is 12.8 Å². The highest BCUT2D eigenvalue weighted by molar-refractivity contribution is 7.48. The summed E-state index contributed by atoms with van der Waals surface area (Å²) in [6.45, 7) is 5.17. The molecule has 5 nitrogen and oxygen atoms in total. The summed E-state index contributed by atoms with van der Waals surface area (Å²) in [7, 11) is -1.66. The molecule has 0 aromatic rings. The van der Waals surface area contributed by atoms with E-state index in [2.05, 4.69) is 0 Å². The van der Waals surface area contributed by atoms with E-state index in [1.165, 1.54) is 0 Å². The number of rotatable bonds is 10. The van der Waals surface area contributed by atoms with Crippen molar-refractivity contribution in [2.75, 3.05) is 33.5 Å². The zero-order valence-electron chi connectivity index (χ0n) is 9.73. The molecule has 0 spiro atoms. The third kappa shape index (κ3) is 7.94. The van der Waals surface area contributed by atoms with Gasteiger partial charge in [-0.05, 0) is 26.7 Å². The Kier molecular flexibility index (Phi) is 9.35. The average molecular weight is 240 g/mol. The van der Waals surface area contributed by atoms with Crippen LogP contribution in [-0.2, 0) is 22.9 Å². The fraction of sp³-hybridized carbons (Fsp3) is 1.00. The van der Waals surface area contributed by atoms with Gasteiger partial charge in [0.15, 0.2) is 0 Å². The first-order chi connectivity index (χ1) is 7.18. The summed E-state index contributed by atoms with van der Waals surface area (Å²) in [5, 5.41) is 0. The maximum Gasteiger partial charge on any atom is 0.474 e. The Morgan fingerprint density at radius 3 is 1.93 bits per heavy atom. The van der Waals surface area contributed by atoms with Gasteiger partial charge in [-0.25, -0.2) is 4.57 Å². The van der Waals surface area contributed by atoms with E-state index in [9.17, 15) is 4.57 Å². The van der Waals surface area contributed by atoms with Crippen molar-refractivity contribution in [2.45, 2.75) is 26.7 Å². The van der Waals surface area contributed by atoms with Crippen LogP contribution in [0.1, 0.15) is 26.7 Å². The van der Waals surface area contributed by atoms with Crippen LogP contribution in [0.3, 0.4) is 0 Å². The van der Waals surface area contributed by atoms with Gasteiger partial charge in [0, 0.05) is 13.7 Å². The van der Waals surface area contributed by atoms with Crippen molar-refractivity contribution < 1.29 is 22.9 Å². The second-order valence-electron chi connectivity index (χ2n) is 2.82. The van der Waals surface area contributed by atoms with Crippen LogP contribution in [0, 0.1) is 0 Å². The van der Waals surface area contributed by atoms with Gasteiger partial charge in [-0.2, -0.15) is 0 Å². The van der Waals surface area contributed by atoms with Crippen molar-refractivity contribution in [1.29, 1.82) is 0 Å². The minimum Gasteiger partial charge on any atom is -0.385 e. The third-order valence-electron chi connectivity index (χ3n) is 1.57. The minimum absolute atomic E-state index is 0.315. The number of hydrogen-bond acceptors (Lipinski definition) is 5. The summed E-state index contributed by atoms with van der Waals surface area (Å²) in [6.07, 6.45) is 1.65. The molecular weight excluding hydrogens is 219 g/mol. The molecule has 0 unspecified atom stereocenters. The summed E-state index contributed by atoms with van der Waals surface area (Å²) >= 11 is 0. The van der Waals surface area contributed by atoms with E-state index in [-0.39, 0.29) is 0 Å². The summed E-state index contributed by atoms with van der Waals surface area (Å²) in [5.41, 5.74) is 0. The van der Waals surface area contributed by atoms with Gasteiger partial charge in [0.05, 0.1) is 19.8 Å². The Morgan fingerprint density at radius 1 is 0.933 bits per heavy atom. The average Bonchev–Trinajstić information content (AvgIpc) is 2.18. The lowest BCUT2D eigenvalue weighted by molar-refractivity contribution is 0.116. The molecular formula is C9H21O5P. The zero-order valence-corrected chi connectivity index (χ0v) is 10.6. The van der Waals surface area contributed by atoms with Crippen LogP contribution in [0.25, 0.3) is 0 Å². The van der Waals surface area contributed by atoms with Crippen molar-refractivity contribution in [3.63, 3.8) is 0 Å². The fourth-order valence-electron chi connectivity index (χ4n) is 0.953. The summed E-state index contributed by atoms with van der Waals surface area (Å²) in [4.78, 5) is 0. The first-order valence-electron chi connectivity index (χ1n) is 5.21. The summed E-state index contributed by atoms with van der Waals surface area (Å²) in [6, 6.07) is 0. The van der Waals surface area contributed by atoms with Gasteiger partial charge in [0.1, 0.15) is 0 Å². The molecule has 0 saturated carbocycles. The molecule has 15 heavy (non-hydrogen) atoms. The monoisotopic (exact) mass is 240 g/mol. The van der Waals surface area contributed by atoms with Crippen LogP contribution in [0.4, 0.5) is 0 Å². The maximum atomic E-state index is 11.7. The highest BCUT2D eigenvalue weighted by Crippen LogP contribution is 2.49. The molecule has 0 aliphatic rings. The molecule has 0 N–H and O–H groups in total. The molecule has 0 bridgehead atoms. The SMILES string of the molecule is CCOP(=O)(OCC)OCCCCOC. The topological polar surface area (TPSA) is 54.0 Å². The largest absolute Gasteiger partial charge is 0.474 e. The Bertz CT molecular complexity index is 175. The maximum absolute atomic E-state index is 11.7. The summed E-state index contributed by atoms with van der Waals surface area (Å²) in [5.74, 6) is 0. The lowest BCUT2D eigenvalue weighted by Gasteiger charge is -2.15. The number of methoxy groups -OCH3 is 1. The van der Waals surface area contributed by atoms with Gasteiger partial charge < -0.3 is 4.74 Å². The van der Waals surface area contributed by atoms with Crippen LogP contribution in [-0.4, -0.2) is 33.5 Å². The molecule has 0 saturated heterocycles. The summed E-state index contributed by atoms with van der Waals surface area (Å²) < 4.78 is 31.7. The van der Waals surface area contributed by atoms with E-state index >= 15 is 0 Å². The number of ether oxygens (including phenoxy) is 1. The van der Waals surface area contributed by atoms with Gasteiger partial charge in [0.2, 0.25) is 0 Å². The van der Waals surface area contributed by atoms with Crippen LogP contribution >= 0.6 is 7.82 Å². The Labute approximate surface area is 91.7 Å². The molecule has 6 heteroatoms. The van der Waals surface area contributed by atoms with E-state index in [1.807, 2.05) is 0 Å². The molecule has 0 rings (SSSR count). The van der Waals surface area contributed by atoms with Crippen LogP contribution in [0.15, 0.2) is 0 Å². The second kappa shape index (κ2) is 9.31. The Morgan fingerprint density at radius 2 is 1.47 bits per heavy atom. The molecule has 0 radical (unpaired) electrons.